The lowest BCUT2D eigenvalue weighted by Gasteiger charge is -2.57. The van der Waals surface area contributed by atoms with Crippen molar-refractivity contribution in [3.63, 3.8) is 0 Å². The summed E-state index contributed by atoms with van der Waals surface area (Å²) in [4.78, 5) is 94.0. The van der Waals surface area contributed by atoms with Gasteiger partial charge in [-0.2, -0.15) is 5.43 Å². The summed E-state index contributed by atoms with van der Waals surface area (Å²) in [5.74, 6) is -4.99. The first-order valence-electron chi connectivity index (χ1n) is 14.8. The van der Waals surface area contributed by atoms with Crippen molar-refractivity contribution >= 4 is 65.6 Å². The Labute approximate surface area is 283 Å². The molecule has 1 aromatic carbocycles. The van der Waals surface area contributed by atoms with E-state index in [-0.39, 0.29) is 48.8 Å². The van der Waals surface area contributed by atoms with Gasteiger partial charge in [0.25, 0.3) is 5.91 Å². The van der Waals surface area contributed by atoms with Crippen LogP contribution in [0.15, 0.2) is 71.0 Å². The Morgan fingerprint density at radius 3 is 2.44 bits per heavy atom. The van der Waals surface area contributed by atoms with Crippen molar-refractivity contribution in [1.29, 1.82) is 0 Å². The zero-order valence-corrected chi connectivity index (χ0v) is 27.5. The Morgan fingerprint density at radius 2 is 1.81 bits per heavy atom. The Morgan fingerprint density at radius 1 is 1.10 bits per heavy atom. The second-order valence-electron chi connectivity index (χ2n) is 10.7. The molecule has 252 valence electrons. The van der Waals surface area contributed by atoms with Gasteiger partial charge in [-0.15, -0.1) is 23.5 Å². The molecule has 0 radical (unpaired) electrons. The van der Waals surface area contributed by atoms with Crippen LogP contribution in [0.2, 0.25) is 0 Å². The number of piperazine rings is 1. The lowest BCUT2D eigenvalue weighted by molar-refractivity contribution is -0.647. The highest BCUT2D eigenvalue weighted by Crippen LogP contribution is 2.45. The summed E-state index contributed by atoms with van der Waals surface area (Å²) in [6, 6.07) is 9.12. The number of carboxylic acids is 1. The van der Waals surface area contributed by atoms with Gasteiger partial charge in [0.1, 0.15) is 11.4 Å². The van der Waals surface area contributed by atoms with E-state index in [0.717, 1.165) is 21.6 Å². The minimum atomic E-state index is -2.07. The van der Waals surface area contributed by atoms with Gasteiger partial charge in [0.2, 0.25) is 30.4 Å². The summed E-state index contributed by atoms with van der Waals surface area (Å²) < 4.78 is 1.73. The standard InChI is InChI=1S/C30H32N8O8S2/c1-3-35-13-14-37(25(42)24(35)41)29(46)33-21(18-7-5-4-6-8-18)23(40)34-30(32-17-39)27(45)38-22(26(43)44)19(16-48-28(30)38)15-47-20-9-11-36(31-2)12-10-20/h4-12,17,21,28,31H,3,13-16H2,1-2H3,(H3-,32,33,34,39,40,43,44,46)/t21-,28-,30-/m1/s1. The number of imide groups is 1. The first-order chi connectivity index (χ1) is 23.1. The fourth-order valence-corrected chi connectivity index (χ4v) is 7.96. The van der Waals surface area contributed by atoms with Crippen molar-refractivity contribution in [1.82, 2.24) is 30.7 Å². The third-order valence-electron chi connectivity index (χ3n) is 8.02. The quantitative estimate of drug-likeness (QED) is 0.0471. The molecule has 3 aliphatic rings. The van der Waals surface area contributed by atoms with E-state index in [0.29, 0.717) is 10.5 Å². The summed E-state index contributed by atoms with van der Waals surface area (Å²) in [5, 5.41) is 18.7. The number of rotatable bonds is 12. The zero-order valence-electron chi connectivity index (χ0n) is 25.8. The lowest BCUT2D eigenvalue weighted by atomic mass is 9.94. The number of aliphatic carboxylic acids is 1. The largest absolute Gasteiger partial charge is 0.543 e. The monoisotopic (exact) mass is 696 g/mol. The van der Waals surface area contributed by atoms with Crippen molar-refractivity contribution in [3.05, 3.63) is 71.7 Å². The Balaban J connectivity index is 1.37. The zero-order chi connectivity index (χ0) is 34.6. The molecule has 0 bridgehead atoms. The van der Waals surface area contributed by atoms with E-state index in [4.69, 9.17) is 0 Å². The van der Waals surface area contributed by atoms with Crippen LogP contribution in [0.4, 0.5) is 4.79 Å². The molecule has 18 heteroatoms. The molecule has 2 aromatic rings. The average Bonchev–Trinajstić information content (AvgIpc) is 3.10. The number of pyridine rings is 1. The number of urea groups is 1. The third-order valence-corrected chi connectivity index (χ3v) is 10.5. The molecule has 0 saturated carbocycles. The van der Waals surface area contributed by atoms with Crippen LogP contribution in [0.5, 0.6) is 0 Å². The number of carboxylic acid groups (broad SMARTS) is 1. The number of hydrogen-bond donors (Lipinski definition) is 4. The summed E-state index contributed by atoms with van der Waals surface area (Å²) in [7, 11) is 1.75. The molecule has 1 aromatic heterocycles. The maximum atomic E-state index is 13.9. The molecule has 4 N–H and O–H groups in total. The normalized spacial score (nSPS) is 21.2. The van der Waals surface area contributed by atoms with E-state index in [9.17, 15) is 38.7 Å². The predicted octanol–water partition coefficient (Wildman–Crippen LogP) is -2.14. The van der Waals surface area contributed by atoms with E-state index < -0.39 is 52.7 Å². The second kappa shape index (κ2) is 14.3. The van der Waals surface area contributed by atoms with Gasteiger partial charge in [-0.05, 0) is 18.1 Å². The molecule has 0 aliphatic carbocycles. The van der Waals surface area contributed by atoms with E-state index in [1.165, 1.54) is 28.8 Å². The molecule has 3 atom stereocenters. The number of carbonyl (C=O) groups is 7. The molecule has 48 heavy (non-hydrogen) atoms. The van der Waals surface area contributed by atoms with Gasteiger partial charge in [0.05, 0.1) is 18.7 Å². The Bertz CT molecular complexity index is 1670. The molecule has 2 saturated heterocycles. The van der Waals surface area contributed by atoms with Crippen LogP contribution in [-0.4, -0.2) is 106 Å². The molecule has 0 unspecified atom stereocenters. The number of thioether (sulfide) groups is 2. The van der Waals surface area contributed by atoms with Crippen LogP contribution in [0.1, 0.15) is 18.5 Å². The highest BCUT2D eigenvalue weighted by molar-refractivity contribution is 8.01. The molecule has 7 amide bonds. The number of nitrogens with zero attached hydrogens (tertiary/aromatic N) is 4. The van der Waals surface area contributed by atoms with E-state index >= 15 is 0 Å². The summed E-state index contributed by atoms with van der Waals surface area (Å²) >= 11 is 2.50. The van der Waals surface area contributed by atoms with Crippen LogP contribution in [0, 0.1) is 0 Å². The van der Waals surface area contributed by atoms with Gasteiger partial charge in [0, 0.05) is 48.2 Å². The fourth-order valence-electron chi connectivity index (χ4n) is 5.51. The smallest absolute Gasteiger partial charge is 0.325 e. The van der Waals surface area contributed by atoms with Crippen LogP contribution in [-0.2, 0) is 28.8 Å². The van der Waals surface area contributed by atoms with Gasteiger partial charge in [-0.25, -0.2) is 4.79 Å². The number of fused-ring (bicyclic) bond motifs is 1. The molecule has 3 aliphatic heterocycles. The third kappa shape index (κ3) is 6.40. The number of nitrogens with one attached hydrogen (secondary N) is 4. The maximum absolute atomic E-state index is 13.9. The average molecular weight is 697 g/mol. The van der Waals surface area contributed by atoms with E-state index in [1.54, 1.807) is 49.2 Å². The van der Waals surface area contributed by atoms with Crippen molar-refractivity contribution in [3.8, 4) is 0 Å². The van der Waals surface area contributed by atoms with Gasteiger partial charge < -0.3 is 30.8 Å². The van der Waals surface area contributed by atoms with E-state index in [2.05, 4.69) is 21.4 Å². The molecular weight excluding hydrogens is 665 g/mol. The number of β-lactam (4-membered cyclic amide) rings is 1. The number of aromatic nitrogens is 1. The molecular formula is C30H32N8O8S2. The number of benzene rings is 1. The summed E-state index contributed by atoms with van der Waals surface area (Å²) in [5.41, 5.74) is 1.21. The number of carbonyl (C=O) groups excluding carboxylic acids is 7. The first-order valence-corrected chi connectivity index (χ1v) is 16.8. The minimum absolute atomic E-state index is 0.102. The maximum Gasteiger partial charge on any atom is 0.325 e. The summed E-state index contributed by atoms with van der Waals surface area (Å²) in [6.45, 7) is 1.99. The van der Waals surface area contributed by atoms with Crippen LogP contribution in [0.3, 0.4) is 0 Å². The number of hydrogen-bond acceptors (Lipinski definition) is 11. The predicted molar refractivity (Wildman–Crippen MR) is 170 cm³/mol. The van der Waals surface area contributed by atoms with Crippen LogP contribution < -0.4 is 31.2 Å². The van der Waals surface area contributed by atoms with Crippen LogP contribution in [0.25, 0.3) is 0 Å². The fraction of sp³-hybridized carbons (Fsp3) is 0.333. The first kappa shape index (κ1) is 34.2. The lowest BCUT2D eigenvalue weighted by Crippen LogP contribution is -2.85. The van der Waals surface area contributed by atoms with Crippen molar-refractivity contribution in [2.75, 3.05) is 43.6 Å². The number of amides is 7. The number of likely N-dealkylation sites (N-methyl/N-ethyl adjacent to an activating group) is 1. The van der Waals surface area contributed by atoms with Crippen molar-refractivity contribution in [2.45, 2.75) is 28.9 Å². The highest BCUT2D eigenvalue weighted by Gasteiger charge is 2.65. The highest BCUT2D eigenvalue weighted by atomic mass is 32.2. The molecule has 16 nitrogen and oxygen atoms in total. The van der Waals surface area contributed by atoms with Gasteiger partial charge in [-0.1, -0.05) is 35.0 Å². The molecule has 4 heterocycles. The topological polar surface area (TPSA) is 204 Å². The van der Waals surface area contributed by atoms with E-state index in [1.807, 2.05) is 12.1 Å². The second-order valence-corrected chi connectivity index (χ2v) is 12.8. The molecule has 2 fully saturated rings. The van der Waals surface area contributed by atoms with Gasteiger partial charge in [-0.3, -0.25) is 33.8 Å². The SMILES string of the molecule is CCN1CCN(C(=O)N[C@@H](C(=O)N[C@]2(NC=O)C(=O)N3C(C(=O)[O-])=C(CSc4cc[n+](NC)cc4)CS[C@@H]32)c2ccccc2)C(=O)C1=O. The van der Waals surface area contributed by atoms with Gasteiger partial charge >= 0.3 is 17.8 Å². The van der Waals surface area contributed by atoms with Gasteiger partial charge in [0.15, 0.2) is 0 Å². The van der Waals surface area contributed by atoms with Crippen molar-refractivity contribution < 1.29 is 43.3 Å². The van der Waals surface area contributed by atoms with Crippen LogP contribution >= 0.6 is 23.5 Å². The minimum Gasteiger partial charge on any atom is -0.543 e. The molecule has 0 spiro atoms. The summed E-state index contributed by atoms with van der Waals surface area (Å²) in [6.07, 6.45) is 3.79. The Kier molecular flexibility index (Phi) is 10.2. The Hall–Kier alpha value is -5.10. The van der Waals surface area contributed by atoms with Crippen molar-refractivity contribution in [2.24, 2.45) is 0 Å². The molecule has 5 rings (SSSR count).